The molecule has 0 aliphatic rings. The minimum atomic E-state index is 0.470. The van der Waals surface area contributed by atoms with E-state index in [9.17, 15) is 0 Å². The molecule has 0 atom stereocenters. The highest BCUT2D eigenvalue weighted by Crippen LogP contribution is 2.47. The summed E-state index contributed by atoms with van der Waals surface area (Å²) >= 11 is 13.3. The number of aromatic nitrogens is 2. The molecule has 0 fully saturated rings. The van der Waals surface area contributed by atoms with Crippen molar-refractivity contribution in [2.24, 2.45) is 0 Å². The topological polar surface area (TPSA) is 31.6 Å². The summed E-state index contributed by atoms with van der Waals surface area (Å²) in [6.07, 6.45) is 16.0. The van der Waals surface area contributed by atoms with Crippen LogP contribution in [0.2, 0.25) is 0 Å². The lowest BCUT2D eigenvalue weighted by Crippen LogP contribution is -1.96. The molecule has 232 valence electrons. The van der Waals surface area contributed by atoms with Crippen LogP contribution in [0.5, 0.6) is 0 Å². The van der Waals surface area contributed by atoms with Gasteiger partial charge in [0.05, 0.1) is 11.0 Å². The van der Waals surface area contributed by atoms with Crippen molar-refractivity contribution in [1.82, 2.24) is 9.97 Å². The first-order chi connectivity index (χ1) is 20.9. The maximum Gasteiger partial charge on any atom is 0.0559 e. The second-order valence-corrected chi connectivity index (χ2v) is 8.42. The first-order valence-corrected chi connectivity index (χ1v) is 15.7. The van der Waals surface area contributed by atoms with Crippen LogP contribution in [0.15, 0.2) is 86.5 Å². The number of allylic oxidation sites excluding steroid dienone is 9. The Labute approximate surface area is 272 Å². The van der Waals surface area contributed by atoms with Gasteiger partial charge in [-0.25, -0.2) is 0 Å². The van der Waals surface area contributed by atoms with Gasteiger partial charge in [0.2, 0.25) is 0 Å². The van der Waals surface area contributed by atoms with Crippen LogP contribution in [0.1, 0.15) is 96.0 Å². The molecule has 0 bridgehead atoms. The summed E-state index contributed by atoms with van der Waals surface area (Å²) in [5.74, 6) is 0. The van der Waals surface area contributed by atoms with E-state index in [0.29, 0.717) is 10.1 Å². The van der Waals surface area contributed by atoms with Crippen LogP contribution in [0.3, 0.4) is 0 Å². The lowest BCUT2D eigenvalue weighted by Gasteiger charge is -2.16. The third kappa shape index (κ3) is 8.44. The van der Waals surface area contributed by atoms with E-state index in [1.165, 1.54) is 0 Å². The molecule has 0 aliphatic heterocycles. The third-order valence-corrected chi connectivity index (χ3v) is 6.62. The van der Waals surface area contributed by atoms with Crippen molar-refractivity contribution in [1.29, 1.82) is 0 Å². The van der Waals surface area contributed by atoms with E-state index in [0.717, 1.165) is 66.6 Å². The molecule has 2 nitrogen and oxygen atoms in total. The largest absolute Gasteiger partial charge is 0.354 e. The first-order valence-electron chi connectivity index (χ1n) is 15.0. The van der Waals surface area contributed by atoms with Crippen molar-refractivity contribution < 1.29 is 0 Å². The van der Waals surface area contributed by atoms with Crippen molar-refractivity contribution in [2.45, 2.75) is 62.3 Å². The molecule has 2 N–H and O–H groups in total. The highest BCUT2D eigenvalue weighted by atomic mass is 35.5. The van der Waals surface area contributed by atoms with Gasteiger partial charge >= 0.3 is 0 Å². The van der Waals surface area contributed by atoms with E-state index in [1.54, 1.807) is 36.5 Å². The Kier molecular flexibility index (Phi) is 21.1. The van der Waals surface area contributed by atoms with Gasteiger partial charge in [-0.1, -0.05) is 167 Å². The molecule has 0 radical (unpaired) electrons. The van der Waals surface area contributed by atoms with Crippen molar-refractivity contribution in [3.05, 3.63) is 120 Å². The molecule has 4 heteroatoms. The Hall–Kier alpha value is -3.72. The lowest BCUT2D eigenvalue weighted by atomic mass is 9.88. The molecule has 3 rings (SSSR count). The predicted octanol–water partition coefficient (Wildman–Crippen LogP) is 14.4. The minimum Gasteiger partial charge on any atom is -0.354 e. The van der Waals surface area contributed by atoms with E-state index < -0.39 is 0 Å². The van der Waals surface area contributed by atoms with Gasteiger partial charge in [0, 0.05) is 65.6 Å². The summed E-state index contributed by atoms with van der Waals surface area (Å²) in [6, 6.07) is 0. The molecule has 1 aromatic carbocycles. The van der Waals surface area contributed by atoms with Gasteiger partial charge in [0.15, 0.2) is 0 Å². The zero-order valence-corrected chi connectivity index (χ0v) is 29.4. The van der Waals surface area contributed by atoms with Crippen LogP contribution < -0.4 is 0 Å². The van der Waals surface area contributed by atoms with Gasteiger partial charge in [-0.2, -0.15) is 0 Å². The van der Waals surface area contributed by atoms with Gasteiger partial charge in [-0.15, -0.1) is 0 Å². The molecule has 0 aliphatic carbocycles. The Balaban J connectivity index is 0. The van der Waals surface area contributed by atoms with E-state index in [1.807, 2.05) is 80.5 Å². The Morgan fingerprint density at radius 1 is 0.535 bits per heavy atom. The first kappa shape index (κ1) is 41.4. The normalized spacial score (nSPS) is 11.0. The summed E-state index contributed by atoms with van der Waals surface area (Å²) in [7, 11) is 0. The maximum atomic E-state index is 6.67. The summed E-state index contributed by atoms with van der Waals surface area (Å²) in [4.78, 5) is 7.12. The number of rotatable bonds is 10. The van der Waals surface area contributed by atoms with Gasteiger partial charge in [0.25, 0.3) is 0 Å². The molecule has 43 heavy (non-hydrogen) atoms. The summed E-state index contributed by atoms with van der Waals surface area (Å²) in [5, 5.41) is 2.74. The molecule has 2 aromatic heterocycles. The zero-order chi connectivity index (χ0) is 33.9. The highest BCUT2D eigenvalue weighted by Gasteiger charge is 2.27. The predicted molar refractivity (Wildman–Crippen MR) is 207 cm³/mol. The van der Waals surface area contributed by atoms with Crippen molar-refractivity contribution in [3.8, 4) is 0 Å². The Morgan fingerprint density at radius 3 is 1.16 bits per heavy atom. The average Bonchev–Trinajstić information content (AvgIpc) is 3.63. The van der Waals surface area contributed by atoms with Crippen LogP contribution in [-0.2, 0) is 0 Å². The average molecular weight is 620 g/mol. The number of hydrogen-bond acceptors (Lipinski definition) is 0. The van der Waals surface area contributed by atoms with Crippen LogP contribution in [-0.4, -0.2) is 9.97 Å². The fourth-order valence-corrected chi connectivity index (χ4v) is 4.83. The van der Waals surface area contributed by atoms with Gasteiger partial charge in [0.1, 0.15) is 0 Å². The number of nitrogens with one attached hydrogen (secondary N) is 2. The van der Waals surface area contributed by atoms with Crippen molar-refractivity contribution in [2.75, 3.05) is 0 Å². The second-order valence-electron chi connectivity index (χ2n) is 7.61. The van der Waals surface area contributed by atoms with Crippen LogP contribution >= 0.6 is 23.2 Å². The van der Waals surface area contributed by atoms with Crippen LogP contribution in [0.4, 0.5) is 0 Å². The highest BCUT2D eigenvalue weighted by molar-refractivity contribution is 6.37. The number of benzene rings is 1. The smallest absolute Gasteiger partial charge is 0.0559 e. The van der Waals surface area contributed by atoms with Crippen molar-refractivity contribution >= 4 is 80.5 Å². The standard InChI is InChI=1S/C31H28Cl2N2.4C2H6/c1-9-17-25-21(13-5)29-27(19(11-3)23(33)15-7)30-28(20(12-4)24(16-8)34-30)26(31(29)35-25)18(10-2)22(32)14-6;4*1-2/h9-17,34-35H,2-8H2,1H3;4*1-2H3/b17-9-,22-18-,23-19-;;;;. The molecular weight excluding hydrogens is 567 g/mol. The van der Waals surface area contributed by atoms with Gasteiger partial charge in [-0.05, 0) is 19.1 Å². The fraction of sp³-hybridized carbons (Fsp3) is 0.231. The van der Waals surface area contributed by atoms with Crippen LogP contribution in [0, 0.1) is 0 Å². The van der Waals surface area contributed by atoms with Crippen molar-refractivity contribution in [3.63, 3.8) is 0 Å². The number of hydrogen-bond donors (Lipinski definition) is 2. The number of halogens is 2. The number of aromatic amines is 2. The number of H-pyrrole nitrogens is 2. The van der Waals surface area contributed by atoms with Crippen LogP contribution in [0.25, 0.3) is 57.3 Å². The minimum absolute atomic E-state index is 0.470. The maximum absolute atomic E-state index is 6.67. The molecule has 0 saturated heterocycles. The van der Waals surface area contributed by atoms with E-state index in [2.05, 4.69) is 56.0 Å². The quantitative estimate of drug-likeness (QED) is 0.212. The molecule has 0 spiro atoms. The Bertz CT molecular complexity index is 1490. The number of fused-ring (bicyclic) bond motifs is 2. The summed E-state index contributed by atoms with van der Waals surface area (Å²) < 4.78 is 0. The van der Waals surface area contributed by atoms with Gasteiger partial charge < -0.3 is 9.97 Å². The molecule has 0 amide bonds. The SMILES string of the molecule is C=C/C(Cl)=C(\C=C)c1c2[nH]c(/C=C\C)c(C=C)c2c(/C(C=C)=C(\Cl)C=C)c2[nH]c(C=C)c(C=C)c12.CC.CC.CC.CC. The third-order valence-electron chi connectivity index (χ3n) is 5.90. The molecule has 0 saturated carbocycles. The van der Waals surface area contributed by atoms with Gasteiger partial charge in [-0.3, -0.25) is 0 Å². The molecule has 3 aromatic rings. The lowest BCUT2D eigenvalue weighted by molar-refractivity contribution is 1.41. The molecule has 2 heterocycles. The van der Waals surface area contributed by atoms with E-state index in [-0.39, 0.29) is 0 Å². The fourth-order valence-electron chi connectivity index (χ4n) is 4.49. The molecular formula is C39H52Cl2N2. The monoisotopic (exact) mass is 618 g/mol. The van der Waals surface area contributed by atoms with E-state index in [4.69, 9.17) is 23.2 Å². The molecule has 0 unspecified atom stereocenters. The van der Waals surface area contributed by atoms with E-state index >= 15 is 0 Å². The summed E-state index contributed by atoms with van der Waals surface area (Å²) in [6.45, 7) is 46.0. The summed E-state index contributed by atoms with van der Waals surface area (Å²) in [5.41, 5.74) is 8.34. The second kappa shape index (κ2) is 21.9. The zero-order valence-electron chi connectivity index (χ0n) is 27.9. The Morgan fingerprint density at radius 2 is 0.884 bits per heavy atom.